The summed E-state index contributed by atoms with van der Waals surface area (Å²) in [6, 6.07) is 0. The quantitative estimate of drug-likeness (QED) is 0.856. The Balaban J connectivity index is 1.79. The monoisotopic (exact) mass is 300 g/mol. The Labute approximate surface area is 119 Å². The second-order valence-corrected chi connectivity index (χ2v) is 5.66. The van der Waals surface area contributed by atoms with Crippen molar-refractivity contribution in [2.45, 2.75) is 25.4 Å². The van der Waals surface area contributed by atoms with Crippen molar-refractivity contribution in [3.05, 3.63) is 18.1 Å². The third kappa shape index (κ3) is 2.72. The first-order chi connectivity index (χ1) is 9.90. The van der Waals surface area contributed by atoms with Crippen molar-refractivity contribution in [2.75, 3.05) is 24.5 Å². The summed E-state index contributed by atoms with van der Waals surface area (Å²) in [6.07, 6.45) is -0.600. The Bertz CT molecular complexity index is 537. The summed E-state index contributed by atoms with van der Waals surface area (Å²) in [6.45, 7) is 2.23. The van der Waals surface area contributed by atoms with Crippen molar-refractivity contribution in [2.24, 2.45) is 5.41 Å². The van der Waals surface area contributed by atoms with Crippen LogP contribution in [0.4, 0.5) is 19.0 Å². The summed E-state index contributed by atoms with van der Waals surface area (Å²) in [5.74, 6) is 0.106. The number of hydrogen-bond acceptors (Lipinski definition) is 4. The van der Waals surface area contributed by atoms with Crippen LogP contribution in [0, 0.1) is 5.41 Å². The lowest BCUT2D eigenvalue weighted by Crippen LogP contribution is -2.38. The molecule has 1 aromatic heterocycles. The van der Waals surface area contributed by atoms with Crippen LogP contribution in [-0.4, -0.2) is 35.5 Å². The third-order valence-corrected chi connectivity index (χ3v) is 4.19. The molecular weight excluding hydrogens is 285 g/mol. The predicted octanol–water partition coefficient (Wildman–Crippen LogP) is 1.60. The maximum absolute atomic E-state index is 12.5. The number of hydrogen-bond donors (Lipinski definition) is 1. The lowest BCUT2D eigenvalue weighted by atomic mass is 9.78. The number of anilines is 1. The zero-order valence-electron chi connectivity index (χ0n) is 11.3. The molecule has 8 heteroatoms. The SMILES string of the molecule is O=C1CC2(CCNCC2)CN1c1cnc(C(F)(F)F)cn1. The molecular formula is C13H15F3N4O. The van der Waals surface area contributed by atoms with Crippen LogP contribution >= 0.6 is 0 Å². The minimum Gasteiger partial charge on any atom is -0.317 e. The third-order valence-electron chi connectivity index (χ3n) is 4.19. The van der Waals surface area contributed by atoms with Crippen molar-refractivity contribution >= 4 is 11.7 Å². The second kappa shape index (κ2) is 4.94. The zero-order valence-corrected chi connectivity index (χ0v) is 11.3. The molecule has 2 aliphatic heterocycles. The molecule has 0 bridgehead atoms. The van der Waals surface area contributed by atoms with Gasteiger partial charge in [-0.3, -0.25) is 9.69 Å². The summed E-state index contributed by atoms with van der Waals surface area (Å²) >= 11 is 0. The Kier molecular flexibility index (Phi) is 3.35. The van der Waals surface area contributed by atoms with E-state index in [9.17, 15) is 18.0 Å². The van der Waals surface area contributed by atoms with Crippen LogP contribution < -0.4 is 10.2 Å². The largest absolute Gasteiger partial charge is 0.434 e. The normalized spacial score (nSPS) is 22.0. The predicted molar refractivity (Wildman–Crippen MR) is 68.5 cm³/mol. The number of carbonyl (C=O) groups excluding carboxylic acids is 1. The number of carbonyl (C=O) groups is 1. The molecule has 2 saturated heterocycles. The molecule has 0 aliphatic carbocycles. The first-order valence-corrected chi connectivity index (χ1v) is 6.80. The topological polar surface area (TPSA) is 58.1 Å². The van der Waals surface area contributed by atoms with E-state index in [0.29, 0.717) is 19.2 Å². The van der Waals surface area contributed by atoms with Crippen molar-refractivity contribution in [3.63, 3.8) is 0 Å². The molecule has 21 heavy (non-hydrogen) atoms. The van der Waals surface area contributed by atoms with E-state index >= 15 is 0 Å². The number of rotatable bonds is 1. The van der Waals surface area contributed by atoms with E-state index < -0.39 is 11.9 Å². The van der Waals surface area contributed by atoms with Crippen LogP contribution in [0.25, 0.3) is 0 Å². The summed E-state index contributed by atoms with van der Waals surface area (Å²) < 4.78 is 37.4. The molecule has 1 spiro atoms. The van der Waals surface area contributed by atoms with Gasteiger partial charge in [0.05, 0.1) is 12.4 Å². The molecule has 1 amide bonds. The molecule has 2 aliphatic rings. The highest BCUT2D eigenvalue weighted by atomic mass is 19.4. The maximum atomic E-state index is 12.5. The van der Waals surface area contributed by atoms with Crippen LogP contribution in [-0.2, 0) is 11.0 Å². The number of nitrogens with zero attached hydrogens (tertiary/aromatic N) is 3. The van der Waals surface area contributed by atoms with Gasteiger partial charge >= 0.3 is 6.18 Å². The van der Waals surface area contributed by atoms with Crippen molar-refractivity contribution < 1.29 is 18.0 Å². The highest BCUT2D eigenvalue weighted by Crippen LogP contribution is 2.40. The standard InChI is InChI=1S/C13H15F3N4O/c14-13(15,16)9-6-19-10(7-18-9)20-8-12(5-11(20)21)1-3-17-4-2-12/h6-7,17H,1-5,8H2. The molecule has 5 nitrogen and oxygen atoms in total. The number of alkyl halides is 3. The van der Waals surface area contributed by atoms with E-state index in [0.717, 1.165) is 32.1 Å². The van der Waals surface area contributed by atoms with E-state index in [-0.39, 0.29) is 17.1 Å². The molecule has 0 unspecified atom stereocenters. The molecule has 0 saturated carbocycles. The Hall–Kier alpha value is -1.70. The summed E-state index contributed by atoms with van der Waals surface area (Å²) in [7, 11) is 0. The molecule has 1 N–H and O–H groups in total. The van der Waals surface area contributed by atoms with Gasteiger partial charge < -0.3 is 5.32 Å². The fourth-order valence-electron chi connectivity index (χ4n) is 3.00. The second-order valence-electron chi connectivity index (χ2n) is 5.66. The highest BCUT2D eigenvalue weighted by Gasteiger charge is 2.44. The fraction of sp³-hybridized carbons (Fsp3) is 0.615. The maximum Gasteiger partial charge on any atom is 0.434 e. The van der Waals surface area contributed by atoms with Crippen molar-refractivity contribution in [3.8, 4) is 0 Å². The van der Waals surface area contributed by atoms with Crippen LogP contribution in [0.5, 0.6) is 0 Å². The van der Waals surface area contributed by atoms with E-state index in [2.05, 4.69) is 15.3 Å². The first kappa shape index (κ1) is 14.2. The number of nitrogens with one attached hydrogen (secondary N) is 1. The van der Waals surface area contributed by atoms with Crippen molar-refractivity contribution in [1.29, 1.82) is 0 Å². The summed E-state index contributed by atoms with van der Waals surface area (Å²) in [5, 5.41) is 3.25. The first-order valence-electron chi connectivity index (χ1n) is 6.80. The molecule has 3 heterocycles. The van der Waals surface area contributed by atoms with Gasteiger partial charge in [-0.2, -0.15) is 13.2 Å². The van der Waals surface area contributed by atoms with Gasteiger partial charge in [0.1, 0.15) is 0 Å². The average Bonchev–Trinajstić information content (AvgIpc) is 2.75. The van der Waals surface area contributed by atoms with Gasteiger partial charge in [0.25, 0.3) is 0 Å². The van der Waals surface area contributed by atoms with E-state index in [4.69, 9.17) is 0 Å². The van der Waals surface area contributed by atoms with Gasteiger partial charge in [-0.15, -0.1) is 0 Å². The van der Waals surface area contributed by atoms with Crippen LogP contribution in [0.1, 0.15) is 25.0 Å². The van der Waals surface area contributed by atoms with E-state index in [1.54, 1.807) is 0 Å². The minimum absolute atomic E-state index is 0.0767. The zero-order chi connectivity index (χ0) is 15.1. The molecule has 3 rings (SSSR count). The van der Waals surface area contributed by atoms with Gasteiger partial charge in [0, 0.05) is 13.0 Å². The van der Waals surface area contributed by atoms with Gasteiger partial charge in [-0.05, 0) is 31.3 Å². The van der Waals surface area contributed by atoms with Gasteiger partial charge in [-0.1, -0.05) is 0 Å². The fourth-order valence-corrected chi connectivity index (χ4v) is 3.00. The molecule has 2 fully saturated rings. The molecule has 0 aromatic carbocycles. The number of aromatic nitrogens is 2. The van der Waals surface area contributed by atoms with Crippen LogP contribution in [0.2, 0.25) is 0 Å². The van der Waals surface area contributed by atoms with E-state index in [1.807, 2.05) is 0 Å². The molecule has 1 aromatic rings. The smallest absolute Gasteiger partial charge is 0.317 e. The summed E-state index contributed by atoms with van der Waals surface area (Å²) in [4.78, 5) is 20.7. The van der Waals surface area contributed by atoms with Crippen molar-refractivity contribution in [1.82, 2.24) is 15.3 Å². The lowest BCUT2D eigenvalue weighted by Gasteiger charge is -2.32. The Morgan fingerprint density at radius 3 is 2.48 bits per heavy atom. The minimum atomic E-state index is -4.52. The van der Waals surface area contributed by atoms with Crippen LogP contribution in [0.3, 0.4) is 0 Å². The van der Waals surface area contributed by atoms with Crippen LogP contribution in [0.15, 0.2) is 12.4 Å². The number of piperidine rings is 1. The Morgan fingerprint density at radius 1 is 1.19 bits per heavy atom. The Morgan fingerprint density at radius 2 is 1.90 bits per heavy atom. The number of amides is 1. The van der Waals surface area contributed by atoms with Gasteiger partial charge in [0.2, 0.25) is 5.91 Å². The number of halogens is 3. The highest BCUT2D eigenvalue weighted by molar-refractivity contribution is 5.95. The van der Waals surface area contributed by atoms with Gasteiger partial charge in [-0.25, -0.2) is 9.97 Å². The van der Waals surface area contributed by atoms with E-state index in [1.165, 1.54) is 4.90 Å². The molecule has 0 atom stereocenters. The van der Waals surface area contributed by atoms with Gasteiger partial charge in [0.15, 0.2) is 11.5 Å². The summed E-state index contributed by atoms with van der Waals surface area (Å²) in [5.41, 5.74) is -1.12. The lowest BCUT2D eigenvalue weighted by molar-refractivity contribution is -0.141. The molecule has 0 radical (unpaired) electrons. The molecule has 114 valence electrons. The average molecular weight is 300 g/mol.